The van der Waals surface area contributed by atoms with Gasteiger partial charge in [-0.05, 0) is 43.4 Å². The van der Waals surface area contributed by atoms with E-state index in [2.05, 4.69) is 10.1 Å². The van der Waals surface area contributed by atoms with E-state index >= 15 is 0 Å². The molecular weight excluding hydrogens is 334 g/mol. The van der Waals surface area contributed by atoms with Crippen molar-refractivity contribution in [2.24, 2.45) is 0 Å². The third-order valence-electron chi connectivity index (χ3n) is 4.63. The maximum absolute atomic E-state index is 12.8. The summed E-state index contributed by atoms with van der Waals surface area (Å²) in [6.07, 6.45) is 4.02. The van der Waals surface area contributed by atoms with Gasteiger partial charge in [-0.25, -0.2) is 0 Å². The molecule has 0 radical (unpaired) electrons. The summed E-state index contributed by atoms with van der Waals surface area (Å²) in [4.78, 5) is 19.1. The van der Waals surface area contributed by atoms with Crippen molar-refractivity contribution in [2.75, 3.05) is 20.8 Å². The molecule has 0 spiro atoms. The number of rotatable bonds is 7. The monoisotopic (exact) mass is 359 g/mol. The number of hydrogen-bond acceptors (Lipinski definition) is 6. The van der Waals surface area contributed by atoms with Gasteiger partial charge in [-0.2, -0.15) is 4.98 Å². The second-order valence-corrected chi connectivity index (χ2v) is 6.43. The molecule has 1 amide bonds. The van der Waals surface area contributed by atoms with E-state index in [1.54, 1.807) is 14.2 Å². The minimum absolute atomic E-state index is 0.115. The fourth-order valence-corrected chi connectivity index (χ4v) is 3.30. The van der Waals surface area contributed by atoms with Crippen LogP contribution in [0, 0.1) is 0 Å². The molecule has 140 valence electrons. The molecule has 1 atom stereocenters. The van der Waals surface area contributed by atoms with Crippen molar-refractivity contribution >= 4 is 5.91 Å². The van der Waals surface area contributed by atoms with Crippen molar-refractivity contribution in [3.63, 3.8) is 0 Å². The molecule has 0 saturated carbocycles. The molecule has 1 aliphatic rings. The smallest absolute Gasteiger partial charge is 0.249 e. The van der Waals surface area contributed by atoms with Crippen molar-refractivity contribution in [1.29, 1.82) is 0 Å². The van der Waals surface area contributed by atoms with Crippen molar-refractivity contribution in [1.82, 2.24) is 15.0 Å². The van der Waals surface area contributed by atoms with Gasteiger partial charge in [0.1, 0.15) is 18.4 Å². The van der Waals surface area contributed by atoms with Gasteiger partial charge < -0.3 is 18.9 Å². The molecule has 7 heteroatoms. The molecule has 2 heterocycles. The standard InChI is InChI=1S/C19H25N3O4/c1-24-13-17-20-19(26-21-17)16-8-3-4-11-22(16)18(23)10-9-14-6-5-7-15(12-14)25-2/h5-7,12,16H,3-4,8-11,13H2,1-2H3. The minimum Gasteiger partial charge on any atom is -0.497 e. The summed E-state index contributed by atoms with van der Waals surface area (Å²) in [6.45, 7) is 1.03. The molecule has 3 rings (SSSR count). The van der Waals surface area contributed by atoms with Gasteiger partial charge in [-0.3, -0.25) is 4.79 Å². The Morgan fingerprint density at radius 3 is 3.04 bits per heavy atom. The molecule has 1 fully saturated rings. The number of amides is 1. The number of nitrogens with zero attached hydrogens (tertiary/aromatic N) is 3. The summed E-state index contributed by atoms with van der Waals surface area (Å²) in [5.74, 6) is 1.94. The first kappa shape index (κ1) is 18.4. The average molecular weight is 359 g/mol. The van der Waals surface area contributed by atoms with E-state index in [0.717, 1.165) is 37.1 Å². The zero-order valence-electron chi connectivity index (χ0n) is 15.3. The Labute approximate surface area is 153 Å². The van der Waals surface area contributed by atoms with Crippen molar-refractivity contribution < 1.29 is 18.8 Å². The van der Waals surface area contributed by atoms with Crippen LogP contribution >= 0.6 is 0 Å². The maximum atomic E-state index is 12.8. The topological polar surface area (TPSA) is 77.7 Å². The van der Waals surface area contributed by atoms with E-state index in [1.165, 1.54) is 0 Å². The summed E-state index contributed by atoms with van der Waals surface area (Å²) in [5.41, 5.74) is 1.09. The fraction of sp³-hybridized carbons (Fsp3) is 0.526. The van der Waals surface area contributed by atoms with Gasteiger partial charge in [0.2, 0.25) is 11.8 Å². The van der Waals surface area contributed by atoms with Gasteiger partial charge in [-0.1, -0.05) is 17.3 Å². The van der Waals surface area contributed by atoms with Crippen LogP contribution in [0.3, 0.4) is 0 Å². The third kappa shape index (κ3) is 4.40. The van der Waals surface area contributed by atoms with Crippen LogP contribution in [0.15, 0.2) is 28.8 Å². The van der Waals surface area contributed by atoms with E-state index < -0.39 is 0 Å². The second-order valence-electron chi connectivity index (χ2n) is 6.43. The number of ether oxygens (including phenoxy) is 2. The lowest BCUT2D eigenvalue weighted by molar-refractivity contribution is -0.135. The number of hydrogen-bond donors (Lipinski definition) is 0. The molecule has 0 bridgehead atoms. The van der Waals surface area contributed by atoms with Crippen LogP contribution in [-0.4, -0.2) is 41.7 Å². The van der Waals surface area contributed by atoms with Crippen molar-refractivity contribution in [2.45, 2.75) is 44.8 Å². The van der Waals surface area contributed by atoms with E-state index in [9.17, 15) is 4.79 Å². The minimum atomic E-state index is -0.139. The normalized spacial score (nSPS) is 17.3. The van der Waals surface area contributed by atoms with Crippen LogP contribution in [0.25, 0.3) is 0 Å². The van der Waals surface area contributed by atoms with Gasteiger partial charge in [0.25, 0.3) is 0 Å². The summed E-state index contributed by atoms with van der Waals surface area (Å²) < 4.78 is 15.7. The molecule has 1 unspecified atom stereocenters. The lowest BCUT2D eigenvalue weighted by atomic mass is 10.0. The Bertz CT molecular complexity index is 731. The SMILES string of the molecule is COCc1noc(C2CCCCN2C(=O)CCc2cccc(OC)c2)n1. The number of carbonyl (C=O) groups is 1. The molecular formula is C19H25N3O4. The van der Waals surface area contributed by atoms with Gasteiger partial charge in [-0.15, -0.1) is 0 Å². The number of carbonyl (C=O) groups excluding carboxylic acids is 1. The summed E-state index contributed by atoms with van der Waals surface area (Å²) in [6, 6.07) is 7.69. The van der Waals surface area contributed by atoms with Crippen LogP contribution in [0.2, 0.25) is 0 Å². The molecule has 0 N–H and O–H groups in total. The van der Waals surface area contributed by atoms with Gasteiger partial charge in [0.15, 0.2) is 5.82 Å². The molecule has 2 aromatic rings. The Hall–Kier alpha value is -2.41. The Balaban J connectivity index is 1.65. The molecule has 26 heavy (non-hydrogen) atoms. The quantitative estimate of drug-likeness (QED) is 0.756. The average Bonchev–Trinajstić information content (AvgIpc) is 3.15. The first-order valence-corrected chi connectivity index (χ1v) is 8.95. The molecule has 0 aliphatic carbocycles. The lowest BCUT2D eigenvalue weighted by Gasteiger charge is -2.33. The highest BCUT2D eigenvalue weighted by Crippen LogP contribution is 2.30. The lowest BCUT2D eigenvalue weighted by Crippen LogP contribution is -2.38. The second kappa shape index (κ2) is 8.80. The third-order valence-corrected chi connectivity index (χ3v) is 4.63. The molecule has 1 aliphatic heterocycles. The zero-order valence-corrected chi connectivity index (χ0v) is 15.3. The summed E-state index contributed by atoms with van der Waals surface area (Å²) >= 11 is 0. The number of likely N-dealkylation sites (tertiary alicyclic amines) is 1. The highest BCUT2D eigenvalue weighted by Gasteiger charge is 2.31. The van der Waals surface area contributed by atoms with Crippen LogP contribution in [0.1, 0.15) is 49.0 Å². The Morgan fingerprint density at radius 2 is 2.23 bits per heavy atom. The highest BCUT2D eigenvalue weighted by molar-refractivity contribution is 5.77. The van der Waals surface area contributed by atoms with Crippen molar-refractivity contribution in [3.05, 3.63) is 41.5 Å². The number of aryl methyl sites for hydroxylation is 1. The van der Waals surface area contributed by atoms with Gasteiger partial charge in [0.05, 0.1) is 7.11 Å². The predicted molar refractivity (Wildman–Crippen MR) is 94.6 cm³/mol. The largest absolute Gasteiger partial charge is 0.497 e. The van der Waals surface area contributed by atoms with E-state index in [-0.39, 0.29) is 11.9 Å². The van der Waals surface area contributed by atoms with Crippen LogP contribution in [0.4, 0.5) is 0 Å². The van der Waals surface area contributed by atoms with Gasteiger partial charge in [0, 0.05) is 20.1 Å². The number of aromatic nitrogens is 2. The van der Waals surface area contributed by atoms with E-state index in [1.807, 2.05) is 29.2 Å². The first-order valence-electron chi connectivity index (χ1n) is 8.95. The van der Waals surface area contributed by atoms with E-state index in [0.29, 0.717) is 31.2 Å². The summed E-state index contributed by atoms with van der Waals surface area (Å²) in [5, 5.41) is 3.92. The van der Waals surface area contributed by atoms with Crippen LogP contribution in [0.5, 0.6) is 5.75 Å². The van der Waals surface area contributed by atoms with Crippen LogP contribution < -0.4 is 4.74 Å². The number of benzene rings is 1. The zero-order chi connectivity index (χ0) is 18.4. The molecule has 1 saturated heterocycles. The van der Waals surface area contributed by atoms with Gasteiger partial charge >= 0.3 is 0 Å². The summed E-state index contributed by atoms with van der Waals surface area (Å²) in [7, 11) is 3.23. The van der Waals surface area contributed by atoms with Crippen molar-refractivity contribution in [3.8, 4) is 5.75 Å². The molecule has 7 nitrogen and oxygen atoms in total. The number of piperidine rings is 1. The van der Waals surface area contributed by atoms with Crippen LogP contribution in [-0.2, 0) is 22.6 Å². The Kier molecular flexibility index (Phi) is 6.22. The first-order chi connectivity index (χ1) is 12.7. The fourth-order valence-electron chi connectivity index (χ4n) is 3.30. The molecule has 1 aromatic heterocycles. The maximum Gasteiger partial charge on any atom is 0.249 e. The molecule has 1 aromatic carbocycles. The predicted octanol–water partition coefficient (Wildman–Crippen LogP) is 2.91. The highest BCUT2D eigenvalue weighted by atomic mass is 16.5. The Morgan fingerprint density at radius 1 is 1.35 bits per heavy atom. The number of methoxy groups -OCH3 is 2. The van der Waals surface area contributed by atoms with E-state index in [4.69, 9.17) is 14.0 Å².